The molecule has 0 aromatic carbocycles. The van der Waals surface area contributed by atoms with Crippen molar-refractivity contribution in [1.82, 2.24) is 19.4 Å². The van der Waals surface area contributed by atoms with Crippen LogP contribution in [0, 0.1) is 5.92 Å². The number of H-pyrrole nitrogens is 1. The zero-order valence-corrected chi connectivity index (χ0v) is 15.7. The van der Waals surface area contributed by atoms with Crippen LogP contribution in [0.25, 0.3) is 10.2 Å². The van der Waals surface area contributed by atoms with Crippen LogP contribution in [-0.4, -0.2) is 38.4 Å². The monoisotopic (exact) mass is 368 g/mol. The smallest absolute Gasteiger partial charge is 0.270 e. The Hall–Kier alpha value is -2.08. The molecule has 2 aliphatic rings. The summed E-state index contributed by atoms with van der Waals surface area (Å²) < 4.78 is 3.49. The average Bonchev–Trinajstić information content (AvgIpc) is 3.33. The predicted octanol–water partition coefficient (Wildman–Crippen LogP) is 4.25. The van der Waals surface area contributed by atoms with E-state index in [2.05, 4.69) is 20.7 Å². The van der Waals surface area contributed by atoms with Crippen LogP contribution < -0.4 is 0 Å². The Morgan fingerprint density at radius 1 is 1.31 bits per heavy atom. The van der Waals surface area contributed by atoms with Gasteiger partial charge in [0.25, 0.3) is 5.91 Å². The topological polar surface area (TPSA) is 53.9 Å². The molecule has 1 N–H and O–H groups in total. The molecule has 0 bridgehead atoms. The van der Waals surface area contributed by atoms with Crippen molar-refractivity contribution in [3.8, 4) is 0 Å². The highest BCUT2D eigenvalue weighted by Gasteiger charge is 2.29. The predicted molar refractivity (Wildman–Crippen MR) is 104 cm³/mol. The number of fused-ring (bicyclic) bond motifs is 1. The Bertz CT molecular complexity index is 891. The SMILES string of the molecule is O=C(c1cc2sccc2[nH]1)N1CCCC(c2nccn2CC2CCC2)C1. The quantitative estimate of drug-likeness (QED) is 0.749. The second kappa shape index (κ2) is 6.58. The first-order valence-electron chi connectivity index (χ1n) is 9.64. The summed E-state index contributed by atoms with van der Waals surface area (Å²) in [5, 5.41) is 2.05. The Balaban J connectivity index is 1.32. The third-order valence-electron chi connectivity index (χ3n) is 5.97. The molecule has 3 aromatic rings. The minimum Gasteiger partial charge on any atom is -0.350 e. The van der Waals surface area contributed by atoms with Gasteiger partial charge in [-0.15, -0.1) is 11.3 Å². The Morgan fingerprint density at radius 3 is 3.04 bits per heavy atom. The number of imidazole rings is 1. The lowest BCUT2D eigenvalue weighted by molar-refractivity contribution is 0.0697. The molecule has 2 fully saturated rings. The zero-order chi connectivity index (χ0) is 17.5. The Kier molecular flexibility index (Phi) is 4.08. The van der Waals surface area contributed by atoms with Gasteiger partial charge in [-0.1, -0.05) is 6.42 Å². The van der Waals surface area contributed by atoms with Crippen LogP contribution in [0.5, 0.6) is 0 Å². The summed E-state index contributed by atoms with van der Waals surface area (Å²) in [5.41, 5.74) is 1.77. The van der Waals surface area contributed by atoms with E-state index in [-0.39, 0.29) is 5.91 Å². The molecule has 1 aliphatic heterocycles. The molecule has 3 aromatic heterocycles. The maximum atomic E-state index is 13.0. The molecule has 5 nitrogen and oxygen atoms in total. The van der Waals surface area contributed by atoms with E-state index in [0.29, 0.717) is 11.6 Å². The number of likely N-dealkylation sites (tertiary alicyclic amines) is 1. The van der Waals surface area contributed by atoms with Gasteiger partial charge in [0.2, 0.25) is 0 Å². The Morgan fingerprint density at radius 2 is 2.23 bits per heavy atom. The number of amides is 1. The van der Waals surface area contributed by atoms with Crippen molar-refractivity contribution in [2.75, 3.05) is 13.1 Å². The number of hydrogen-bond donors (Lipinski definition) is 1. The van der Waals surface area contributed by atoms with Gasteiger partial charge in [-0.05, 0) is 49.1 Å². The lowest BCUT2D eigenvalue weighted by atomic mass is 9.85. The molecule has 0 radical (unpaired) electrons. The number of aromatic nitrogens is 3. The number of aromatic amines is 1. The summed E-state index contributed by atoms with van der Waals surface area (Å²) in [4.78, 5) is 22.9. The van der Waals surface area contributed by atoms with Crippen LogP contribution in [-0.2, 0) is 6.54 Å². The second-order valence-electron chi connectivity index (χ2n) is 7.71. The van der Waals surface area contributed by atoms with E-state index in [1.165, 1.54) is 25.1 Å². The summed E-state index contributed by atoms with van der Waals surface area (Å²) >= 11 is 1.67. The highest BCUT2D eigenvalue weighted by atomic mass is 32.1. The second-order valence-corrected chi connectivity index (χ2v) is 8.65. The molecule has 1 amide bonds. The van der Waals surface area contributed by atoms with Crippen molar-refractivity contribution >= 4 is 27.5 Å². The normalized spacial score (nSPS) is 21.2. The Labute approximate surface area is 157 Å². The number of nitrogens with zero attached hydrogens (tertiary/aromatic N) is 3. The minimum atomic E-state index is 0.121. The van der Waals surface area contributed by atoms with E-state index in [9.17, 15) is 4.79 Å². The van der Waals surface area contributed by atoms with Crippen LogP contribution in [0.1, 0.15) is 54.3 Å². The van der Waals surface area contributed by atoms with Crippen LogP contribution in [0.4, 0.5) is 0 Å². The average molecular weight is 369 g/mol. The van der Waals surface area contributed by atoms with Crippen molar-refractivity contribution in [3.63, 3.8) is 0 Å². The summed E-state index contributed by atoms with van der Waals surface area (Å²) in [6, 6.07) is 4.02. The van der Waals surface area contributed by atoms with Crippen molar-refractivity contribution < 1.29 is 4.79 Å². The number of carbonyl (C=O) groups excluding carboxylic acids is 1. The molecule has 5 rings (SSSR count). The van der Waals surface area contributed by atoms with Crippen LogP contribution in [0.3, 0.4) is 0 Å². The molecule has 1 unspecified atom stereocenters. The summed E-state index contributed by atoms with van der Waals surface area (Å²) in [5.74, 6) is 2.45. The van der Waals surface area contributed by atoms with Gasteiger partial charge in [0.05, 0.1) is 10.2 Å². The van der Waals surface area contributed by atoms with Gasteiger partial charge in [-0.3, -0.25) is 4.79 Å². The fraction of sp³-hybridized carbons (Fsp3) is 0.500. The van der Waals surface area contributed by atoms with Crippen LogP contribution in [0.2, 0.25) is 0 Å². The highest BCUT2D eigenvalue weighted by Crippen LogP contribution is 2.31. The van der Waals surface area contributed by atoms with E-state index in [1.807, 2.05) is 28.6 Å². The van der Waals surface area contributed by atoms with Crippen molar-refractivity contribution in [1.29, 1.82) is 0 Å². The molecule has 26 heavy (non-hydrogen) atoms. The molecule has 136 valence electrons. The largest absolute Gasteiger partial charge is 0.350 e. The first-order valence-corrected chi connectivity index (χ1v) is 10.5. The van der Waals surface area contributed by atoms with E-state index < -0.39 is 0 Å². The fourth-order valence-corrected chi connectivity index (χ4v) is 5.08. The van der Waals surface area contributed by atoms with Crippen LogP contribution >= 0.6 is 11.3 Å². The number of nitrogens with one attached hydrogen (secondary N) is 1. The van der Waals surface area contributed by atoms with Crippen molar-refractivity contribution in [3.05, 3.63) is 41.4 Å². The van der Waals surface area contributed by atoms with Crippen molar-refractivity contribution in [2.45, 2.75) is 44.6 Å². The standard InChI is InChI=1S/C20H24N4OS/c25-20(17-11-18-16(22-17)6-10-26-18)24-8-2-5-15(13-24)19-21-7-9-23(19)12-14-3-1-4-14/h6-7,9-11,14-15,22H,1-5,8,12-13H2. The molecule has 1 saturated carbocycles. The van der Waals surface area contributed by atoms with Gasteiger partial charge in [0.1, 0.15) is 11.5 Å². The van der Waals surface area contributed by atoms with Gasteiger partial charge < -0.3 is 14.5 Å². The number of hydrogen-bond acceptors (Lipinski definition) is 3. The third-order valence-corrected chi connectivity index (χ3v) is 6.84. The fourth-order valence-electron chi connectivity index (χ4n) is 4.29. The molecule has 6 heteroatoms. The minimum absolute atomic E-state index is 0.121. The van der Waals surface area contributed by atoms with Crippen molar-refractivity contribution in [2.24, 2.45) is 5.92 Å². The molecule has 4 heterocycles. The number of carbonyl (C=O) groups is 1. The maximum absolute atomic E-state index is 13.0. The van der Waals surface area contributed by atoms with E-state index in [4.69, 9.17) is 0 Å². The highest BCUT2D eigenvalue weighted by molar-refractivity contribution is 7.17. The molecule has 1 aliphatic carbocycles. The lowest BCUT2D eigenvalue weighted by Gasteiger charge is -2.33. The van der Waals surface area contributed by atoms with Gasteiger partial charge >= 0.3 is 0 Å². The molecule has 1 saturated heterocycles. The third kappa shape index (κ3) is 2.86. The van der Waals surface area contributed by atoms with Gasteiger partial charge in [-0.2, -0.15) is 0 Å². The first-order chi connectivity index (χ1) is 12.8. The molecule has 1 atom stereocenters. The summed E-state index contributed by atoms with van der Waals surface area (Å²) in [7, 11) is 0. The van der Waals surface area contributed by atoms with Gasteiger partial charge in [0, 0.05) is 37.9 Å². The first kappa shape index (κ1) is 16.1. The zero-order valence-electron chi connectivity index (χ0n) is 14.9. The number of thiophene rings is 1. The van der Waals surface area contributed by atoms with E-state index >= 15 is 0 Å². The maximum Gasteiger partial charge on any atom is 0.270 e. The number of rotatable bonds is 4. The number of piperidine rings is 1. The van der Waals surface area contributed by atoms with Crippen LogP contribution in [0.15, 0.2) is 29.9 Å². The lowest BCUT2D eigenvalue weighted by Crippen LogP contribution is -2.40. The molecular formula is C20H24N4OS. The summed E-state index contributed by atoms with van der Waals surface area (Å²) in [6.07, 6.45) is 10.3. The van der Waals surface area contributed by atoms with Gasteiger partial charge in [-0.25, -0.2) is 4.98 Å². The van der Waals surface area contributed by atoms with E-state index in [0.717, 1.165) is 48.6 Å². The molecular weight excluding hydrogens is 344 g/mol. The van der Waals surface area contributed by atoms with Gasteiger partial charge in [0.15, 0.2) is 0 Å². The summed E-state index contributed by atoms with van der Waals surface area (Å²) in [6.45, 7) is 2.70. The molecule has 0 spiro atoms. The van der Waals surface area contributed by atoms with E-state index in [1.54, 1.807) is 11.3 Å².